The van der Waals surface area contributed by atoms with E-state index in [0.717, 1.165) is 34.1 Å². The maximum atomic E-state index is 12.4. The van der Waals surface area contributed by atoms with Crippen LogP contribution in [0.3, 0.4) is 0 Å². The summed E-state index contributed by atoms with van der Waals surface area (Å²) in [4.78, 5) is 18.5. The predicted molar refractivity (Wildman–Crippen MR) is 125 cm³/mol. The van der Waals surface area contributed by atoms with Gasteiger partial charge >= 0.3 is 5.97 Å². The van der Waals surface area contributed by atoms with E-state index < -0.39 is 0 Å². The number of aromatic nitrogens is 2. The summed E-state index contributed by atoms with van der Waals surface area (Å²) in [5, 5.41) is 4.17. The Morgan fingerprint density at radius 3 is 2.77 bits per heavy atom. The maximum absolute atomic E-state index is 12.4. The van der Waals surface area contributed by atoms with Crippen molar-refractivity contribution >= 4 is 39.7 Å². The van der Waals surface area contributed by atoms with Crippen LogP contribution in [0.1, 0.15) is 27.9 Å². The monoisotopic (exact) mass is 455 g/mol. The van der Waals surface area contributed by atoms with Gasteiger partial charge in [-0.25, -0.2) is 9.78 Å². The van der Waals surface area contributed by atoms with E-state index in [-0.39, 0.29) is 5.97 Å². The van der Waals surface area contributed by atoms with Crippen LogP contribution in [0.4, 0.5) is 5.82 Å². The highest BCUT2D eigenvalue weighted by molar-refractivity contribution is 7.19. The summed E-state index contributed by atoms with van der Waals surface area (Å²) in [6, 6.07) is 15.4. The second-order valence-electron chi connectivity index (χ2n) is 6.84. The molecule has 0 spiro atoms. The average Bonchev–Trinajstić information content (AvgIpc) is 3.30. The van der Waals surface area contributed by atoms with Gasteiger partial charge in [-0.1, -0.05) is 53.3 Å². The van der Waals surface area contributed by atoms with Crippen molar-refractivity contribution in [2.75, 3.05) is 19.0 Å². The lowest BCUT2D eigenvalue weighted by molar-refractivity contribution is 0.0531. The molecule has 2 aromatic heterocycles. The quantitative estimate of drug-likeness (QED) is 0.355. The Balaban J connectivity index is 1.83. The number of ether oxygens (including phenoxy) is 2. The van der Waals surface area contributed by atoms with E-state index >= 15 is 0 Å². The van der Waals surface area contributed by atoms with Crippen LogP contribution < -0.4 is 10.1 Å². The van der Waals surface area contributed by atoms with Gasteiger partial charge in [0.15, 0.2) is 4.96 Å². The number of nitrogens with zero attached hydrogens (tertiary/aromatic N) is 2. The molecule has 4 rings (SSSR count). The summed E-state index contributed by atoms with van der Waals surface area (Å²) in [7, 11) is 1.64. The van der Waals surface area contributed by atoms with Crippen molar-refractivity contribution < 1.29 is 14.3 Å². The van der Waals surface area contributed by atoms with Gasteiger partial charge in [0.1, 0.15) is 22.1 Å². The van der Waals surface area contributed by atoms with Crippen LogP contribution in [-0.4, -0.2) is 29.1 Å². The van der Waals surface area contributed by atoms with E-state index in [4.69, 9.17) is 26.1 Å². The third-order valence-electron chi connectivity index (χ3n) is 4.91. The highest BCUT2D eigenvalue weighted by atomic mass is 35.5. The zero-order valence-corrected chi connectivity index (χ0v) is 19.0. The van der Waals surface area contributed by atoms with Gasteiger partial charge in [-0.2, -0.15) is 0 Å². The summed E-state index contributed by atoms with van der Waals surface area (Å²) in [6.45, 7) is 4.52. The minimum absolute atomic E-state index is 0.325. The number of imidazole rings is 1. The molecule has 0 saturated carbocycles. The molecule has 0 amide bonds. The second kappa shape index (κ2) is 8.99. The molecule has 0 aliphatic rings. The van der Waals surface area contributed by atoms with Gasteiger partial charge in [0.05, 0.1) is 13.7 Å². The number of hydrogen-bond acceptors (Lipinski definition) is 6. The lowest BCUT2D eigenvalue weighted by Crippen LogP contribution is -2.07. The fourth-order valence-corrected chi connectivity index (χ4v) is 4.61. The number of rotatable bonds is 7. The Hall–Kier alpha value is -3.03. The van der Waals surface area contributed by atoms with Crippen molar-refractivity contribution in [1.82, 2.24) is 9.38 Å². The molecule has 6 nitrogen and oxygen atoms in total. The van der Waals surface area contributed by atoms with E-state index in [9.17, 15) is 4.79 Å². The highest BCUT2D eigenvalue weighted by Gasteiger charge is 2.24. The number of thiazole rings is 1. The molecule has 0 radical (unpaired) electrons. The molecule has 0 fully saturated rings. The lowest BCUT2D eigenvalue weighted by atomic mass is 10.1. The standard InChI is InChI=1S/C23H22ClN3O3S/c1-4-30-22(28)20-14(2)27-21(25-13-16-8-5-6-11-18(16)24)19(26-23(27)31-20)15-9-7-10-17(12-15)29-3/h5-12,25H,4,13H2,1-3H3. The zero-order valence-electron chi connectivity index (χ0n) is 17.4. The smallest absolute Gasteiger partial charge is 0.350 e. The van der Waals surface area contributed by atoms with E-state index in [0.29, 0.717) is 28.0 Å². The third kappa shape index (κ3) is 4.11. The van der Waals surface area contributed by atoms with Crippen LogP contribution in [0, 0.1) is 6.92 Å². The van der Waals surface area contributed by atoms with Crippen LogP contribution in [0.5, 0.6) is 5.75 Å². The number of halogens is 1. The normalized spacial score (nSPS) is 11.0. The van der Waals surface area contributed by atoms with E-state index in [2.05, 4.69) is 5.32 Å². The van der Waals surface area contributed by atoms with Crippen molar-refractivity contribution in [2.45, 2.75) is 20.4 Å². The minimum atomic E-state index is -0.338. The van der Waals surface area contributed by atoms with Crippen molar-refractivity contribution in [3.8, 4) is 17.0 Å². The molecule has 0 aliphatic heterocycles. The topological polar surface area (TPSA) is 64.9 Å². The van der Waals surface area contributed by atoms with E-state index in [1.165, 1.54) is 11.3 Å². The van der Waals surface area contributed by atoms with Crippen molar-refractivity contribution in [3.63, 3.8) is 0 Å². The third-order valence-corrected chi connectivity index (χ3v) is 6.40. The van der Waals surface area contributed by atoms with Crippen LogP contribution in [0.15, 0.2) is 48.5 Å². The molecule has 31 heavy (non-hydrogen) atoms. The second-order valence-corrected chi connectivity index (χ2v) is 8.23. The Morgan fingerprint density at radius 2 is 2.03 bits per heavy atom. The number of fused-ring (bicyclic) bond motifs is 1. The molecular weight excluding hydrogens is 434 g/mol. The molecule has 1 N–H and O–H groups in total. The van der Waals surface area contributed by atoms with E-state index in [1.807, 2.05) is 59.9 Å². The van der Waals surface area contributed by atoms with Gasteiger partial charge in [0.25, 0.3) is 0 Å². The van der Waals surface area contributed by atoms with Gasteiger partial charge in [-0.05, 0) is 37.6 Å². The molecule has 2 heterocycles. The zero-order chi connectivity index (χ0) is 22.0. The first-order valence-corrected chi connectivity index (χ1v) is 11.0. The number of hydrogen-bond donors (Lipinski definition) is 1. The fourth-order valence-electron chi connectivity index (χ4n) is 3.39. The Labute approximate surface area is 189 Å². The fraction of sp³-hybridized carbons (Fsp3) is 0.217. The van der Waals surface area contributed by atoms with Gasteiger partial charge in [-0.3, -0.25) is 4.40 Å². The molecular formula is C23H22ClN3O3S. The first-order valence-electron chi connectivity index (χ1n) is 9.84. The van der Waals surface area contributed by atoms with Crippen molar-refractivity contribution in [1.29, 1.82) is 0 Å². The van der Waals surface area contributed by atoms with Gasteiger partial charge < -0.3 is 14.8 Å². The molecule has 0 bridgehead atoms. The number of methoxy groups -OCH3 is 1. The summed E-state index contributed by atoms with van der Waals surface area (Å²) >= 11 is 7.67. The number of carbonyl (C=O) groups is 1. The number of benzene rings is 2. The van der Waals surface area contributed by atoms with Crippen molar-refractivity contribution in [2.24, 2.45) is 0 Å². The lowest BCUT2D eigenvalue weighted by Gasteiger charge is -2.11. The Bertz CT molecular complexity index is 1250. The Kier molecular flexibility index (Phi) is 6.15. The molecule has 160 valence electrons. The summed E-state index contributed by atoms with van der Waals surface area (Å²) < 4.78 is 12.6. The predicted octanol–water partition coefficient (Wildman–Crippen LogP) is 5.82. The van der Waals surface area contributed by atoms with Gasteiger partial charge in [0, 0.05) is 22.8 Å². The first-order chi connectivity index (χ1) is 15.0. The number of nitrogens with one attached hydrogen (secondary N) is 1. The van der Waals surface area contributed by atoms with Crippen LogP contribution in [0.2, 0.25) is 5.02 Å². The van der Waals surface area contributed by atoms with Crippen LogP contribution in [-0.2, 0) is 11.3 Å². The minimum Gasteiger partial charge on any atom is -0.497 e. The SMILES string of the molecule is CCOC(=O)c1sc2nc(-c3cccc(OC)c3)c(NCc3ccccc3Cl)n2c1C. The van der Waals surface area contributed by atoms with Gasteiger partial charge in [0.2, 0.25) is 0 Å². The van der Waals surface area contributed by atoms with Crippen molar-refractivity contribution in [3.05, 3.63) is 69.7 Å². The molecule has 0 aliphatic carbocycles. The number of anilines is 1. The average molecular weight is 456 g/mol. The number of carbonyl (C=O) groups excluding carboxylic acids is 1. The van der Waals surface area contributed by atoms with Crippen LogP contribution >= 0.6 is 22.9 Å². The first kappa shape index (κ1) is 21.2. The molecule has 0 unspecified atom stereocenters. The molecule has 0 atom stereocenters. The molecule has 8 heteroatoms. The molecule has 4 aromatic rings. The summed E-state index contributed by atoms with van der Waals surface area (Å²) in [6.07, 6.45) is 0. The highest BCUT2D eigenvalue weighted by Crippen LogP contribution is 2.36. The molecule has 0 saturated heterocycles. The maximum Gasteiger partial charge on any atom is 0.350 e. The summed E-state index contributed by atoms with van der Waals surface area (Å²) in [5.41, 5.74) is 3.43. The largest absolute Gasteiger partial charge is 0.497 e. The molecule has 2 aromatic carbocycles. The number of aryl methyl sites for hydroxylation is 1. The van der Waals surface area contributed by atoms with Crippen LogP contribution in [0.25, 0.3) is 16.2 Å². The summed E-state index contributed by atoms with van der Waals surface area (Å²) in [5.74, 6) is 1.19. The number of esters is 1. The Morgan fingerprint density at radius 1 is 1.23 bits per heavy atom. The van der Waals surface area contributed by atoms with Gasteiger partial charge in [-0.15, -0.1) is 0 Å². The van der Waals surface area contributed by atoms with E-state index in [1.54, 1.807) is 14.0 Å².